The third-order valence-electron chi connectivity index (χ3n) is 3.54. The van der Waals surface area contributed by atoms with Crippen LogP contribution in [0.2, 0.25) is 0 Å². The second-order valence-corrected chi connectivity index (χ2v) is 5.25. The number of hydrogen-bond acceptors (Lipinski definition) is 7. The van der Waals surface area contributed by atoms with Gasteiger partial charge in [-0.1, -0.05) is 0 Å². The summed E-state index contributed by atoms with van der Waals surface area (Å²) in [6, 6.07) is 4.96. The standard InChI is InChI=1S/C17H23NO7/c1-2-23-16(20)5-6-18(7-9-22-10-8-19)17(21)13-3-4-14-15(11-13)25-12-24-14/h3-4,11,19H,2,5-10,12H2,1H3. The molecule has 0 radical (unpaired) electrons. The molecule has 1 aliphatic rings. The molecule has 0 unspecified atom stereocenters. The van der Waals surface area contributed by atoms with E-state index >= 15 is 0 Å². The van der Waals surface area contributed by atoms with Crippen molar-refractivity contribution in [3.63, 3.8) is 0 Å². The molecule has 0 aromatic heterocycles. The van der Waals surface area contributed by atoms with Gasteiger partial charge in [-0.15, -0.1) is 0 Å². The van der Waals surface area contributed by atoms with Crippen molar-refractivity contribution < 1.29 is 33.6 Å². The van der Waals surface area contributed by atoms with Crippen molar-refractivity contribution in [3.05, 3.63) is 23.8 Å². The summed E-state index contributed by atoms with van der Waals surface area (Å²) in [5.74, 6) is 0.520. The molecule has 1 aromatic rings. The number of benzene rings is 1. The Morgan fingerprint density at radius 3 is 2.76 bits per heavy atom. The number of ether oxygens (including phenoxy) is 4. The molecule has 0 saturated heterocycles. The lowest BCUT2D eigenvalue weighted by Crippen LogP contribution is -2.36. The van der Waals surface area contributed by atoms with Gasteiger partial charge in [-0.25, -0.2) is 0 Å². The Morgan fingerprint density at radius 2 is 2.00 bits per heavy atom. The molecule has 0 saturated carbocycles. The first-order chi connectivity index (χ1) is 12.2. The molecule has 0 fully saturated rings. The average Bonchev–Trinajstić information content (AvgIpc) is 3.08. The van der Waals surface area contributed by atoms with Gasteiger partial charge in [0.15, 0.2) is 11.5 Å². The van der Waals surface area contributed by atoms with Gasteiger partial charge in [0, 0.05) is 18.7 Å². The number of carbonyl (C=O) groups is 2. The molecule has 2 rings (SSSR count). The number of amides is 1. The van der Waals surface area contributed by atoms with Crippen molar-refractivity contribution in [3.8, 4) is 11.5 Å². The summed E-state index contributed by atoms with van der Waals surface area (Å²) in [7, 11) is 0. The van der Waals surface area contributed by atoms with Crippen molar-refractivity contribution in [2.45, 2.75) is 13.3 Å². The molecular weight excluding hydrogens is 330 g/mol. The largest absolute Gasteiger partial charge is 0.466 e. The third kappa shape index (κ3) is 5.61. The lowest BCUT2D eigenvalue weighted by Gasteiger charge is -2.22. The van der Waals surface area contributed by atoms with Crippen LogP contribution in [0.25, 0.3) is 0 Å². The van der Waals surface area contributed by atoms with Gasteiger partial charge in [0.1, 0.15) is 0 Å². The Bertz CT molecular complexity index is 590. The molecule has 0 spiro atoms. The highest BCUT2D eigenvalue weighted by molar-refractivity contribution is 5.95. The second-order valence-electron chi connectivity index (χ2n) is 5.25. The van der Waals surface area contributed by atoms with E-state index in [1.807, 2.05) is 0 Å². The molecule has 0 aliphatic carbocycles. The normalized spacial score (nSPS) is 12.1. The van der Waals surface area contributed by atoms with E-state index in [-0.39, 0.29) is 51.5 Å². The summed E-state index contributed by atoms with van der Waals surface area (Å²) in [5.41, 5.74) is 0.440. The van der Waals surface area contributed by atoms with Gasteiger partial charge in [0.25, 0.3) is 5.91 Å². The van der Waals surface area contributed by atoms with Crippen LogP contribution in [0.4, 0.5) is 0 Å². The van der Waals surface area contributed by atoms with Crippen LogP contribution < -0.4 is 9.47 Å². The van der Waals surface area contributed by atoms with Crippen molar-refractivity contribution >= 4 is 11.9 Å². The summed E-state index contributed by atoms with van der Waals surface area (Å²) < 4.78 is 20.7. The number of aliphatic hydroxyl groups excluding tert-OH is 1. The SMILES string of the molecule is CCOC(=O)CCN(CCOCCO)C(=O)c1ccc2c(c1)OCO2. The maximum Gasteiger partial charge on any atom is 0.307 e. The fourth-order valence-electron chi connectivity index (χ4n) is 2.33. The lowest BCUT2D eigenvalue weighted by atomic mass is 10.1. The highest BCUT2D eigenvalue weighted by Gasteiger charge is 2.21. The van der Waals surface area contributed by atoms with Crippen LogP contribution in [0.1, 0.15) is 23.7 Å². The van der Waals surface area contributed by atoms with Crippen LogP contribution in [0.15, 0.2) is 18.2 Å². The molecular formula is C17H23NO7. The van der Waals surface area contributed by atoms with Crippen LogP contribution in [0.3, 0.4) is 0 Å². The first-order valence-corrected chi connectivity index (χ1v) is 8.18. The molecule has 8 nitrogen and oxygen atoms in total. The minimum Gasteiger partial charge on any atom is -0.466 e. The molecule has 1 heterocycles. The first-order valence-electron chi connectivity index (χ1n) is 8.18. The summed E-state index contributed by atoms with van der Waals surface area (Å²) in [6.45, 7) is 3.06. The number of carbonyl (C=O) groups excluding carboxylic acids is 2. The predicted octanol–water partition coefficient (Wildman–Crippen LogP) is 0.820. The van der Waals surface area contributed by atoms with E-state index in [4.69, 9.17) is 24.1 Å². The minimum atomic E-state index is -0.359. The van der Waals surface area contributed by atoms with Crippen LogP contribution in [-0.2, 0) is 14.3 Å². The van der Waals surface area contributed by atoms with Gasteiger partial charge in [-0.3, -0.25) is 9.59 Å². The first kappa shape index (κ1) is 19.0. The molecule has 25 heavy (non-hydrogen) atoms. The Labute approximate surface area is 146 Å². The Hall–Kier alpha value is -2.32. The Balaban J connectivity index is 2.01. The highest BCUT2D eigenvalue weighted by Crippen LogP contribution is 2.32. The topological polar surface area (TPSA) is 94.5 Å². The zero-order valence-electron chi connectivity index (χ0n) is 14.2. The van der Waals surface area contributed by atoms with Gasteiger partial charge in [0.2, 0.25) is 6.79 Å². The molecule has 0 atom stereocenters. The predicted molar refractivity (Wildman–Crippen MR) is 87.6 cm³/mol. The maximum atomic E-state index is 12.8. The van der Waals surface area contributed by atoms with Gasteiger partial charge < -0.3 is 29.0 Å². The summed E-state index contributed by atoms with van der Waals surface area (Å²) in [5, 5.41) is 8.75. The van der Waals surface area contributed by atoms with Crippen molar-refractivity contribution in [2.75, 3.05) is 46.3 Å². The van der Waals surface area contributed by atoms with Crippen LogP contribution in [0, 0.1) is 0 Å². The molecule has 8 heteroatoms. The Morgan fingerprint density at radius 1 is 1.20 bits per heavy atom. The maximum absolute atomic E-state index is 12.8. The fourth-order valence-corrected chi connectivity index (χ4v) is 2.33. The quantitative estimate of drug-likeness (QED) is 0.491. The smallest absolute Gasteiger partial charge is 0.307 e. The summed E-state index contributed by atoms with van der Waals surface area (Å²) in [4.78, 5) is 25.8. The fraction of sp³-hybridized carbons (Fsp3) is 0.529. The second kappa shape index (κ2) is 9.85. The van der Waals surface area contributed by atoms with Crippen LogP contribution >= 0.6 is 0 Å². The molecule has 1 amide bonds. The van der Waals surface area contributed by atoms with Gasteiger partial charge in [-0.2, -0.15) is 0 Å². The average molecular weight is 353 g/mol. The van der Waals surface area contributed by atoms with Gasteiger partial charge >= 0.3 is 5.97 Å². The molecule has 1 N–H and O–H groups in total. The minimum absolute atomic E-state index is 0.0844. The van der Waals surface area contributed by atoms with E-state index in [2.05, 4.69) is 0 Å². The van der Waals surface area contributed by atoms with E-state index < -0.39 is 0 Å². The number of esters is 1. The van der Waals surface area contributed by atoms with E-state index in [1.165, 1.54) is 4.90 Å². The van der Waals surface area contributed by atoms with E-state index in [0.29, 0.717) is 30.2 Å². The summed E-state index contributed by atoms with van der Waals surface area (Å²) >= 11 is 0. The Kier molecular flexibility index (Phi) is 7.49. The van der Waals surface area contributed by atoms with Gasteiger partial charge in [0.05, 0.1) is 32.8 Å². The molecule has 0 bridgehead atoms. The zero-order valence-corrected chi connectivity index (χ0v) is 14.2. The zero-order chi connectivity index (χ0) is 18.1. The monoisotopic (exact) mass is 353 g/mol. The van der Waals surface area contributed by atoms with Crippen molar-refractivity contribution in [1.82, 2.24) is 4.90 Å². The molecule has 1 aromatic carbocycles. The van der Waals surface area contributed by atoms with Crippen LogP contribution in [-0.4, -0.2) is 68.2 Å². The number of nitrogens with zero attached hydrogens (tertiary/aromatic N) is 1. The van der Waals surface area contributed by atoms with E-state index in [1.54, 1.807) is 25.1 Å². The van der Waals surface area contributed by atoms with E-state index in [9.17, 15) is 9.59 Å². The number of rotatable bonds is 10. The lowest BCUT2D eigenvalue weighted by molar-refractivity contribution is -0.143. The number of aliphatic hydroxyl groups is 1. The number of fused-ring (bicyclic) bond motifs is 1. The van der Waals surface area contributed by atoms with Crippen LogP contribution in [0.5, 0.6) is 11.5 Å². The third-order valence-corrected chi connectivity index (χ3v) is 3.54. The molecule has 138 valence electrons. The summed E-state index contributed by atoms with van der Waals surface area (Å²) in [6.07, 6.45) is 0.101. The van der Waals surface area contributed by atoms with E-state index in [0.717, 1.165) is 0 Å². The van der Waals surface area contributed by atoms with Crippen molar-refractivity contribution in [2.24, 2.45) is 0 Å². The number of hydrogen-bond donors (Lipinski definition) is 1. The van der Waals surface area contributed by atoms with Gasteiger partial charge in [-0.05, 0) is 25.1 Å². The molecule has 1 aliphatic heterocycles. The van der Waals surface area contributed by atoms with Crippen molar-refractivity contribution in [1.29, 1.82) is 0 Å². The highest BCUT2D eigenvalue weighted by atomic mass is 16.7.